The fourth-order valence-electron chi connectivity index (χ4n) is 0.561. The SMILES string of the molecule is O=C1N[C@H](C(F)(F)F)CS1. The van der Waals surface area contributed by atoms with Crippen molar-refractivity contribution in [2.45, 2.75) is 12.2 Å². The minimum atomic E-state index is -4.29. The van der Waals surface area contributed by atoms with Crippen LogP contribution in [-0.4, -0.2) is 23.2 Å². The van der Waals surface area contributed by atoms with E-state index in [0.29, 0.717) is 11.8 Å². The molecular formula is C4H4F3NOS. The van der Waals surface area contributed by atoms with Crippen LogP contribution in [-0.2, 0) is 0 Å². The minimum Gasteiger partial charge on any atom is -0.334 e. The van der Waals surface area contributed by atoms with E-state index in [1.807, 2.05) is 0 Å². The summed E-state index contributed by atoms with van der Waals surface area (Å²) in [5.41, 5.74) is 0. The van der Waals surface area contributed by atoms with Gasteiger partial charge in [0.15, 0.2) is 0 Å². The van der Waals surface area contributed by atoms with E-state index in [1.165, 1.54) is 0 Å². The first kappa shape index (κ1) is 7.71. The van der Waals surface area contributed by atoms with Crippen molar-refractivity contribution in [1.82, 2.24) is 5.32 Å². The average Bonchev–Trinajstić information content (AvgIpc) is 2.11. The zero-order valence-corrected chi connectivity index (χ0v) is 5.55. The number of halogens is 3. The Bertz CT molecular complexity index is 157. The summed E-state index contributed by atoms with van der Waals surface area (Å²) in [6, 6.07) is -1.65. The molecule has 1 N–H and O–H groups in total. The summed E-state index contributed by atoms with van der Waals surface area (Å²) < 4.78 is 35.1. The Kier molecular flexibility index (Phi) is 1.80. The molecule has 58 valence electrons. The molecule has 6 heteroatoms. The number of hydrogen-bond acceptors (Lipinski definition) is 2. The summed E-state index contributed by atoms with van der Waals surface area (Å²) in [7, 11) is 0. The molecule has 1 heterocycles. The van der Waals surface area contributed by atoms with Gasteiger partial charge in [-0.2, -0.15) is 13.2 Å². The van der Waals surface area contributed by atoms with Crippen molar-refractivity contribution in [3.63, 3.8) is 0 Å². The maximum atomic E-state index is 11.7. The second-order valence-corrected chi connectivity index (χ2v) is 2.83. The first-order valence-corrected chi connectivity index (χ1v) is 3.49. The maximum Gasteiger partial charge on any atom is 0.409 e. The number of thioether (sulfide) groups is 1. The second-order valence-electron chi connectivity index (χ2n) is 1.84. The van der Waals surface area contributed by atoms with Gasteiger partial charge in [-0.25, -0.2) is 0 Å². The van der Waals surface area contributed by atoms with Crippen LogP contribution in [0.15, 0.2) is 0 Å². The molecule has 0 aromatic rings. The van der Waals surface area contributed by atoms with Gasteiger partial charge in [-0.3, -0.25) is 4.79 Å². The Morgan fingerprint density at radius 1 is 1.60 bits per heavy atom. The molecule has 0 saturated carbocycles. The molecule has 1 fully saturated rings. The van der Waals surface area contributed by atoms with Crippen molar-refractivity contribution in [3.05, 3.63) is 0 Å². The molecule has 1 amide bonds. The molecule has 1 atom stereocenters. The largest absolute Gasteiger partial charge is 0.409 e. The van der Waals surface area contributed by atoms with Crippen LogP contribution in [0.1, 0.15) is 0 Å². The van der Waals surface area contributed by atoms with Crippen molar-refractivity contribution >= 4 is 17.0 Å². The lowest BCUT2D eigenvalue weighted by atomic mass is 10.3. The second kappa shape index (κ2) is 2.34. The fourth-order valence-corrected chi connectivity index (χ4v) is 1.38. The highest BCUT2D eigenvalue weighted by molar-refractivity contribution is 8.13. The van der Waals surface area contributed by atoms with Gasteiger partial charge in [-0.05, 0) is 0 Å². The van der Waals surface area contributed by atoms with Gasteiger partial charge in [0.25, 0.3) is 5.24 Å². The predicted molar refractivity (Wildman–Crippen MR) is 30.8 cm³/mol. The van der Waals surface area contributed by atoms with E-state index in [4.69, 9.17) is 0 Å². The van der Waals surface area contributed by atoms with Crippen molar-refractivity contribution in [2.75, 3.05) is 5.75 Å². The van der Waals surface area contributed by atoms with Crippen LogP contribution < -0.4 is 5.32 Å². The van der Waals surface area contributed by atoms with E-state index in [-0.39, 0.29) is 5.75 Å². The van der Waals surface area contributed by atoms with Crippen molar-refractivity contribution in [2.24, 2.45) is 0 Å². The number of rotatable bonds is 0. The van der Waals surface area contributed by atoms with Crippen LogP contribution in [0.3, 0.4) is 0 Å². The maximum absolute atomic E-state index is 11.7. The van der Waals surface area contributed by atoms with E-state index < -0.39 is 17.5 Å². The van der Waals surface area contributed by atoms with E-state index in [1.54, 1.807) is 5.32 Å². The Hall–Kier alpha value is -0.390. The third-order valence-corrected chi connectivity index (χ3v) is 1.95. The predicted octanol–water partition coefficient (Wildman–Crippen LogP) is 1.37. The Balaban J connectivity index is 2.53. The first-order chi connectivity index (χ1) is 4.50. The number of hydrogen-bond donors (Lipinski definition) is 1. The third-order valence-electron chi connectivity index (χ3n) is 1.07. The molecule has 0 aromatic heterocycles. The molecule has 1 aliphatic rings. The Labute approximate surface area is 59.2 Å². The third kappa shape index (κ3) is 1.56. The summed E-state index contributed by atoms with van der Waals surface area (Å²) in [6.07, 6.45) is -4.29. The Morgan fingerprint density at radius 3 is 2.40 bits per heavy atom. The zero-order valence-electron chi connectivity index (χ0n) is 4.73. The molecule has 0 radical (unpaired) electrons. The van der Waals surface area contributed by atoms with Gasteiger partial charge >= 0.3 is 6.18 Å². The number of alkyl halides is 3. The summed E-state index contributed by atoms with van der Waals surface area (Å²) >= 11 is 0.662. The first-order valence-electron chi connectivity index (χ1n) is 2.50. The Morgan fingerprint density at radius 2 is 2.20 bits per heavy atom. The highest BCUT2D eigenvalue weighted by Crippen LogP contribution is 2.27. The zero-order chi connectivity index (χ0) is 7.78. The standard InChI is InChI=1S/C4H4F3NOS/c5-4(6,7)2-1-10-3(9)8-2/h2H,1H2,(H,8,9)/t2-/m0/s1. The van der Waals surface area contributed by atoms with Gasteiger partial charge in [-0.15, -0.1) is 0 Å². The monoisotopic (exact) mass is 171 g/mol. The smallest absolute Gasteiger partial charge is 0.334 e. The molecule has 1 saturated heterocycles. The highest BCUT2D eigenvalue weighted by atomic mass is 32.2. The van der Waals surface area contributed by atoms with Gasteiger partial charge in [0.1, 0.15) is 6.04 Å². The van der Waals surface area contributed by atoms with E-state index in [9.17, 15) is 18.0 Å². The van der Waals surface area contributed by atoms with Gasteiger partial charge < -0.3 is 5.32 Å². The van der Waals surface area contributed by atoms with Crippen molar-refractivity contribution in [1.29, 1.82) is 0 Å². The normalized spacial score (nSPS) is 26.7. The quantitative estimate of drug-likeness (QED) is 0.596. The lowest BCUT2D eigenvalue weighted by molar-refractivity contribution is -0.146. The summed E-state index contributed by atoms with van der Waals surface area (Å²) in [6.45, 7) is 0. The van der Waals surface area contributed by atoms with Crippen LogP contribution in [0.5, 0.6) is 0 Å². The van der Waals surface area contributed by atoms with Crippen LogP contribution in [0, 0.1) is 0 Å². The lowest BCUT2D eigenvalue weighted by Gasteiger charge is -2.12. The average molecular weight is 171 g/mol. The summed E-state index contributed by atoms with van der Waals surface area (Å²) in [4.78, 5) is 10.3. The molecule has 0 unspecified atom stereocenters. The van der Waals surface area contributed by atoms with Gasteiger partial charge in [0.2, 0.25) is 0 Å². The summed E-state index contributed by atoms with van der Waals surface area (Å²) in [5, 5.41) is 1.20. The molecule has 1 rings (SSSR count). The highest BCUT2D eigenvalue weighted by Gasteiger charge is 2.44. The van der Waals surface area contributed by atoms with Crippen LogP contribution >= 0.6 is 11.8 Å². The number of nitrogens with one attached hydrogen (secondary N) is 1. The van der Waals surface area contributed by atoms with E-state index in [2.05, 4.69) is 0 Å². The molecule has 0 bridgehead atoms. The lowest BCUT2D eigenvalue weighted by Crippen LogP contribution is -2.40. The van der Waals surface area contributed by atoms with Crippen molar-refractivity contribution in [3.8, 4) is 0 Å². The molecule has 2 nitrogen and oxygen atoms in total. The molecule has 0 aromatic carbocycles. The van der Waals surface area contributed by atoms with Gasteiger partial charge in [-0.1, -0.05) is 11.8 Å². The molecule has 1 aliphatic heterocycles. The molecule has 0 spiro atoms. The van der Waals surface area contributed by atoms with Gasteiger partial charge in [0, 0.05) is 5.75 Å². The van der Waals surface area contributed by atoms with E-state index in [0.717, 1.165) is 0 Å². The number of carbonyl (C=O) groups excluding carboxylic acids is 1. The van der Waals surface area contributed by atoms with Crippen molar-refractivity contribution < 1.29 is 18.0 Å². The minimum absolute atomic E-state index is 0.206. The topological polar surface area (TPSA) is 29.1 Å². The molecular weight excluding hydrogens is 167 g/mol. The van der Waals surface area contributed by atoms with Crippen LogP contribution in [0.2, 0.25) is 0 Å². The number of amides is 1. The van der Waals surface area contributed by atoms with Crippen LogP contribution in [0.4, 0.5) is 18.0 Å². The van der Waals surface area contributed by atoms with E-state index >= 15 is 0 Å². The molecule has 10 heavy (non-hydrogen) atoms. The fraction of sp³-hybridized carbons (Fsp3) is 0.750. The summed E-state index contributed by atoms with van der Waals surface area (Å²) in [5.74, 6) is -0.206. The van der Waals surface area contributed by atoms with Gasteiger partial charge in [0.05, 0.1) is 0 Å². The number of carbonyl (C=O) groups is 1. The van der Waals surface area contributed by atoms with Crippen LogP contribution in [0.25, 0.3) is 0 Å². The molecule has 0 aliphatic carbocycles.